The molecule has 0 radical (unpaired) electrons. The fourth-order valence-electron chi connectivity index (χ4n) is 13.2. The number of fused-ring (bicyclic) bond motifs is 4. The van der Waals surface area contributed by atoms with Gasteiger partial charge in [-0.05, 0) is 91.6 Å². The normalized spacial score (nSPS) is 39.2. The van der Waals surface area contributed by atoms with E-state index in [4.69, 9.17) is 14.2 Å². The van der Waals surface area contributed by atoms with Crippen LogP contribution in [-0.4, -0.2) is 71.2 Å². The number of rotatable bonds is 7. The number of hydrogen-bond donors (Lipinski definition) is 3. The average Bonchev–Trinajstić information content (AvgIpc) is 4.01. The van der Waals surface area contributed by atoms with Crippen LogP contribution < -0.4 is 0 Å². The van der Waals surface area contributed by atoms with Gasteiger partial charge in [-0.15, -0.1) is 0 Å². The van der Waals surface area contributed by atoms with Crippen molar-refractivity contribution in [2.24, 2.45) is 46.8 Å². The number of hydrogen-bond acceptors (Lipinski definition) is 8. The molecule has 280 valence electrons. The second-order valence-electron chi connectivity index (χ2n) is 17.4. The largest absolute Gasteiger partial charge is 0.492 e. The highest BCUT2D eigenvalue weighted by Crippen LogP contribution is 2.67. The Bertz CT molecular complexity index is 1630. The minimum absolute atomic E-state index is 0.00422. The molecule has 8 nitrogen and oxygen atoms in total. The third-order valence-electron chi connectivity index (χ3n) is 15.2. The molecule has 0 aromatic heterocycles. The van der Waals surface area contributed by atoms with Gasteiger partial charge in [-0.25, -0.2) is 4.79 Å². The molecule has 8 aliphatic rings. The Kier molecular flexibility index (Phi) is 9.42. The number of allylic oxidation sites excluding steroid dienone is 1. The number of nitrogens with zero attached hydrogens (tertiary/aromatic N) is 1. The first kappa shape index (κ1) is 34.8. The van der Waals surface area contributed by atoms with Gasteiger partial charge in [-0.2, -0.15) is 0 Å². The molecule has 3 N–H and O–H groups in total. The summed E-state index contributed by atoms with van der Waals surface area (Å²) in [5, 5.41) is 34.1. The van der Waals surface area contributed by atoms with Crippen LogP contribution in [0.2, 0.25) is 0 Å². The number of piperidine rings is 1. The highest BCUT2D eigenvalue weighted by atomic mass is 16.6. The van der Waals surface area contributed by atoms with Gasteiger partial charge in [0.1, 0.15) is 11.3 Å². The lowest BCUT2D eigenvalue weighted by Crippen LogP contribution is -2.62. The van der Waals surface area contributed by atoms with Crippen molar-refractivity contribution in [2.75, 3.05) is 26.9 Å². The van der Waals surface area contributed by atoms with Crippen molar-refractivity contribution in [1.82, 2.24) is 4.90 Å². The molecule has 2 saturated heterocycles. The van der Waals surface area contributed by atoms with E-state index in [2.05, 4.69) is 53.5 Å². The van der Waals surface area contributed by atoms with Crippen molar-refractivity contribution in [3.8, 4) is 0 Å². The molecule has 1 aromatic rings. The average molecular weight is 712 g/mol. The molecule has 52 heavy (non-hydrogen) atoms. The summed E-state index contributed by atoms with van der Waals surface area (Å²) in [6.07, 6.45) is 21.9. The van der Waals surface area contributed by atoms with E-state index in [1.165, 1.54) is 64.0 Å². The van der Waals surface area contributed by atoms with Gasteiger partial charge in [0.2, 0.25) is 5.76 Å². The molecule has 10 unspecified atom stereocenters. The number of carbonyl (C=O) groups is 1. The quantitative estimate of drug-likeness (QED) is 0.211. The SMILES string of the molecule is COC1=C(CO)C(=O)OC1=C1OC2=CCCN3C(CC4C(CC5(CCCC5)C4c4ccccc4)C3C(O)C3C=CCC(C4CCCC4)C3)C2C1CO. The smallest absolute Gasteiger partial charge is 0.345 e. The fraction of sp³-hybridized carbons (Fsp3) is 0.659. The van der Waals surface area contributed by atoms with E-state index in [0.29, 0.717) is 29.4 Å². The van der Waals surface area contributed by atoms with Crippen molar-refractivity contribution in [3.05, 3.63) is 82.7 Å². The Morgan fingerprint density at radius 1 is 1.00 bits per heavy atom. The minimum atomic E-state index is -0.650. The first-order valence-corrected chi connectivity index (χ1v) is 20.4. The molecule has 5 fully saturated rings. The van der Waals surface area contributed by atoms with Crippen LogP contribution in [0.3, 0.4) is 0 Å². The molecule has 4 aliphatic carbocycles. The topological polar surface area (TPSA) is 109 Å². The lowest BCUT2D eigenvalue weighted by molar-refractivity contribution is -0.134. The maximum absolute atomic E-state index is 13.0. The highest BCUT2D eigenvalue weighted by molar-refractivity contribution is 5.94. The molecule has 1 spiro atoms. The van der Waals surface area contributed by atoms with Crippen LogP contribution in [0.4, 0.5) is 0 Å². The van der Waals surface area contributed by atoms with Crippen molar-refractivity contribution < 1.29 is 34.3 Å². The van der Waals surface area contributed by atoms with E-state index in [-0.39, 0.29) is 53.0 Å². The predicted molar refractivity (Wildman–Crippen MR) is 196 cm³/mol. The Hall–Kier alpha value is -2.91. The molecular weight excluding hydrogens is 654 g/mol. The zero-order chi connectivity index (χ0) is 35.6. The van der Waals surface area contributed by atoms with Crippen LogP contribution in [0.5, 0.6) is 0 Å². The molecular formula is C44H57NO7. The van der Waals surface area contributed by atoms with E-state index < -0.39 is 24.6 Å². The molecule has 4 heterocycles. The van der Waals surface area contributed by atoms with Crippen LogP contribution in [0.25, 0.3) is 0 Å². The van der Waals surface area contributed by atoms with Crippen molar-refractivity contribution in [2.45, 2.75) is 108 Å². The molecule has 1 aromatic carbocycles. The number of esters is 1. The van der Waals surface area contributed by atoms with Gasteiger partial charge in [0.05, 0.1) is 32.3 Å². The Balaban J connectivity index is 1.14. The molecule has 8 heteroatoms. The molecule has 10 atom stereocenters. The zero-order valence-electron chi connectivity index (χ0n) is 30.7. The molecule has 0 bridgehead atoms. The van der Waals surface area contributed by atoms with Crippen molar-refractivity contribution in [1.29, 1.82) is 0 Å². The Morgan fingerprint density at radius 3 is 2.52 bits per heavy atom. The van der Waals surface area contributed by atoms with Crippen LogP contribution >= 0.6 is 0 Å². The van der Waals surface area contributed by atoms with Crippen molar-refractivity contribution >= 4 is 5.97 Å². The van der Waals surface area contributed by atoms with Gasteiger partial charge in [-0.3, -0.25) is 4.90 Å². The van der Waals surface area contributed by atoms with Crippen LogP contribution in [0.15, 0.2) is 77.2 Å². The van der Waals surface area contributed by atoms with Gasteiger partial charge in [0.15, 0.2) is 11.5 Å². The summed E-state index contributed by atoms with van der Waals surface area (Å²) in [7, 11) is 1.46. The highest BCUT2D eigenvalue weighted by Gasteiger charge is 2.63. The van der Waals surface area contributed by atoms with E-state index in [1.807, 2.05) is 0 Å². The number of benzene rings is 1. The summed E-state index contributed by atoms with van der Waals surface area (Å²) in [6, 6.07) is 11.2. The lowest BCUT2D eigenvalue weighted by atomic mass is 9.65. The Morgan fingerprint density at radius 2 is 1.79 bits per heavy atom. The van der Waals surface area contributed by atoms with Gasteiger partial charge < -0.3 is 29.5 Å². The lowest BCUT2D eigenvalue weighted by Gasteiger charge is -2.53. The summed E-state index contributed by atoms with van der Waals surface area (Å²) < 4.78 is 18.0. The molecule has 9 rings (SSSR count). The van der Waals surface area contributed by atoms with E-state index in [0.717, 1.165) is 50.3 Å². The first-order chi connectivity index (χ1) is 25.5. The van der Waals surface area contributed by atoms with Gasteiger partial charge in [0.25, 0.3) is 0 Å². The van der Waals surface area contributed by atoms with Crippen molar-refractivity contribution in [3.63, 3.8) is 0 Å². The third kappa shape index (κ3) is 5.56. The van der Waals surface area contributed by atoms with Crippen LogP contribution in [-0.2, 0) is 19.0 Å². The first-order valence-electron chi connectivity index (χ1n) is 20.4. The number of ether oxygens (including phenoxy) is 3. The van der Waals surface area contributed by atoms with Crippen LogP contribution in [0, 0.1) is 46.8 Å². The third-order valence-corrected chi connectivity index (χ3v) is 15.2. The Labute approximate surface area is 308 Å². The van der Waals surface area contributed by atoms with E-state index >= 15 is 0 Å². The summed E-state index contributed by atoms with van der Waals surface area (Å²) in [6.45, 7) is 0.144. The second kappa shape index (κ2) is 14.1. The summed E-state index contributed by atoms with van der Waals surface area (Å²) in [4.78, 5) is 15.5. The number of methoxy groups -OCH3 is 1. The zero-order valence-corrected chi connectivity index (χ0v) is 30.7. The summed E-state index contributed by atoms with van der Waals surface area (Å²) >= 11 is 0. The molecule has 3 saturated carbocycles. The predicted octanol–water partition coefficient (Wildman–Crippen LogP) is 6.75. The van der Waals surface area contributed by atoms with E-state index in [9.17, 15) is 20.1 Å². The number of cyclic esters (lactones) is 1. The number of carbonyl (C=O) groups excluding carboxylic acids is 1. The standard InChI is InChI=1S/C44H57NO7/c1-50-40-33(25-47)43(49)52-42(40)41-32(24-46)36-34-22-30-31(23-44(18-7-8-19-44)37(30)27-13-3-2-4-14-27)38(45(34)20-10-17-35(36)51-41)39(48)29-16-9-15-28(21-29)26-11-5-6-12-26/h2-4,9,13-14,16-17,26,28-32,34,36-39,46-48H,5-8,10-12,15,18-25H2,1H3. The molecule has 0 amide bonds. The summed E-state index contributed by atoms with van der Waals surface area (Å²) in [5.41, 5.74) is 1.74. The summed E-state index contributed by atoms with van der Waals surface area (Å²) in [5.74, 6) is 3.00. The minimum Gasteiger partial charge on any atom is -0.492 e. The maximum Gasteiger partial charge on any atom is 0.345 e. The van der Waals surface area contributed by atoms with Gasteiger partial charge in [-0.1, -0.05) is 81.0 Å². The maximum atomic E-state index is 13.0. The van der Waals surface area contributed by atoms with E-state index in [1.54, 1.807) is 0 Å². The van der Waals surface area contributed by atoms with Gasteiger partial charge in [0, 0.05) is 30.5 Å². The fourth-order valence-corrected chi connectivity index (χ4v) is 13.2. The second-order valence-corrected chi connectivity index (χ2v) is 17.4. The molecule has 4 aliphatic heterocycles. The number of aliphatic hydroxyl groups excluding tert-OH is 3. The number of aliphatic hydroxyl groups is 3. The van der Waals surface area contributed by atoms with Crippen LogP contribution in [0.1, 0.15) is 95.0 Å². The monoisotopic (exact) mass is 711 g/mol. The van der Waals surface area contributed by atoms with Gasteiger partial charge >= 0.3 is 5.97 Å².